The van der Waals surface area contributed by atoms with Crippen LogP contribution in [0, 0.1) is 45.3 Å². The van der Waals surface area contributed by atoms with Crippen LogP contribution in [0.1, 0.15) is 93.4 Å². The van der Waals surface area contributed by atoms with Crippen molar-refractivity contribution >= 4 is 11.8 Å². The van der Waals surface area contributed by atoms with Gasteiger partial charge < -0.3 is 5.11 Å². The molecule has 0 aromatic heterocycles. The van der Waals surface area contributed by atoms with Gasteiger partial charge in [-0.2, -0.15) is 0 Å². The molecule has 4 rings (SSSR count). The lowest BCUT2D eigenvalue weighted by Gasteiger charge is -2.62. The quantitative estimate of drug-likeness (QED) is 0.349. The van der Waals surface area contributed by atoms with Crippen molar-refractivity contribution in [2.24, 2.45) is 45.3 Å². The van der Waals surface area contributed by atoms with Crippen LogP contribution >= 0.6 is 0 Å². The zero-order valence-electron chi connectivity index (χ0n) is 21.8. The minimum atomic E-state index is -0.806. The zero-order valence-corrected chi connectivity index (χ0v) is 21.8. The van der Waals surface area contributed by atoms with E-state index in [-0.39, 0.29) is 27.4 Å². The van der Waals surface area contributed by atoms with Gasteiger partial charge >= 0.3 is 5.97 Å². The minimum Gasteiger partial charge on any atom is -0.478 e. The molecular formula is C30H44O3. The number of carbonyl (C=O) groups is 2. The van der Waals surface area contributed by atoms with E-state index < -0.39 is 5.97 Å². The Morgan fingerprint density at radius 2 is 1.88 bits per heavy atom. The lowest BCUT2D eigenvalue weighted by atomic mass is 9.42. The van der Waals surface area contributed by atoms with Crippen LogP contribution in [0.3, 0.4) is 0 Å². The standard InChI is InChI=1S/C30H44O3/c1-19(9-8-10-20(2)26(32)33)21-13-17-30(7)23-11-12-24-27(3,4)25(31)15-16-28(24,5)22(23)14-18-29(21,30)6/h10-11,15-16,19,21-22,24H,8-9,12-14,17-18H2,1-7H3,(H,32,33). The number of carbonyl (C=O) groups excluding carboxylic acids is 1. The van der Waals surface area contributed by atoms with E-state index in [9.17, 15) is 9.59 Å². The van der Waals surface area contributed by atoms with Gasteiger partial charge in [0.25, 0.3) is 0 Å². The Morgan fingerprint density at radius 3 is 2.55 bits per heavy atom. The largest absolute Gasteiger partial charge is 0.478 e. The SMILES string of the molecule is CC(=CCCC(C)C1CCC2(C)C3=CCC4C(C)(C)C(=O)C=CC4(C)C3CCC12C)C(=O)O. The van der Waals surface area contributed by atoms with Gasteiger partial charge in [-0.25, -0.2) is 4.79 Å². The number of hydrogen-bond donors (Lipinski definition) is 1. The van der Waals surface area contributed by atoms with Gasteiger partial charge in [0.05, 0.1) is 0 Å². The molecule has 0 spiro atoms. The summed E-state index contributed by atoms with van der Waals surface area (Å²) in [5.41, 5.74) is 2.42. The third-order valence-corrected chi connectivity index (χ3v) is 11.3. The number of rotatable bonds is 5. The molecule has 0 saturated heterocycles. The summed E-state index contributed by atoms with van der Waals surface area (Å²) in [5.74, 6) is 1.66. The highest BCUT2D eigenvalue weighted by molar-refractivity contribution is 5.95. The third-order valence-electron chi connectivity index (χ3n) is 11.3. The fraction of sp³-hybridized carbons (Fsp3) is 0.733. The number of carboxylic acid groups (broad SMARTS) is 1. The van der Waals surface area contributed by atoms with Crippen molar-refractivity contribution in [2.45, 2.75) is 93.4 Å². The lowest BCUT2D eigenvalue weighted by molar-refractivity contribution is -0.132. The molecule has 0 bridgehead atoms. The molecule has 7 atom stereocenters. The maximum atomic E-state index is 12.7. The summed E-state index contributed by atoms with van der Waals surface area (Å²) in [6, 6.07) is 0. The van der Waals surface area contributed by atoms with Gasteiger partial charge in [-0.1, -0.05) is 65.3 Å². The van der Waals surface area contributed by atoms with E-state index in [1.54, 1.807) is 12.5 Å². The molecule has 7 unspecified atom stereocenters. The van der Waals surface area contributed by atoms with Crippen molar-refractivity contribution in [3.05, 3.63) is 35.5 Å². The smallest absolute Gasteiger partial charge is 0.330 e. The highest BCUT2D eigenvalue weighted by atomic mass is 16.4. The Hall–Kier alpha value is -1.64. The van der Waals surface area contributed by atoms with Gasteiger partial charge in [-0.3, -0.25) is 4.79 Å². The second-order valence-electron chi connectivity index (χ2n) is 13.0. The molecule has 182 valence electrons. The molecule has 2 saturated carbocycles. The van der Waals surface area contributed by atoms with Crippen LogP contribution in [0.4, 0.5) is 0 Å². The van der Waals surface area contributed by atoms with Gasteiger partial charge in [-0.15, -0.1) is 0 Å². The molecule has 2 fully saturated rings. The monoisotopic (exact) mass is 452 g/mol. The average molecular weight is 453 g/mol. The van der Waals surface area contributed by atoms with Gasteiger partial charge in [0.1, 0.15) is 0 Å². The highest BCUT2D eigenvalue weighted by Gasteiger charge is 2.64. The second kappa shape index (κ2) is 7.95. The lowest BCUT2D eigenvalue weighted by Crippen LogP contribution is -2.55. The van der Waals surface area contributed by atoms with E-state index in [1.807, 2.05) is 12.2 Å². The number of fused-ring (bicyclic) bond motifs is 5. The van der Waals surface area contributed by atoms with Crippen LogP contribution in [0.25, 0.3) is 0 Å². The summed E-state index contributed by atoms with van der Waals surface area (Å²) in [7, 11) is 0. The van der Waals surface area contributed by atoms with Crippen molar-refractivity contribution in [3.8, 4) is 0 Å². The predicted molar refractivity (Wildman–Crippen MR) is 134 cm³/mol. The fourth-order valence-corrected chi connectivity index (χ4v) is 8.84. The van der Waals surface area contributed by atoms with E-state index in [0.717, 1.165) is 19.3 Å². The molecule has 1 N–H and O–H groups in total. The fourth-order valence-electron chi connectivity index (χ4n) is 8.84. The minimum absolute atomic E-state index is 0.0642. The molecule has 4 aliphatic carbocycles. The first-order valence-electron chi connectivity index (χ1n) is 13.1. The summed E-state index contributed by atoms with van der Waals surface area (Å²) in [6.45, 7) is 15.9. The number of ketones is 1. The molecule has 0 amide bonds. The molecule has 3 heteroatoms. The summed E-state index contributed by atoms with van der Waals surface area (Å²) < 4.78 is 0. The number of aliphatic carboxylic acids is 1. The molecule has 3 nitrogen and oxygen atoms in total. The molecule has 0 aromatic rings. The normalized spacial score (nSPS) is 42.8. The Balaban J connectivity index is 1.60. The van der Waals surface area contributed by atoms with Gasteiger partial charge in [0.15, 0.2) is 5.78 Å². The molecule has 0 heterocycles. The van der Waals surface area contributed by atoms with Crippen molar-refractivity contribution < 1.29 is 14.7 Å². The number of allylic oxidation sites excluding steroid dienone is 5. The molecule has 33 heavy (non-hydrogen) atoms. The first-order chi connectivity index (χ1) is 15.3. The number of carboxylic acids is 1. The first kappa shape index (κ1) is 24.5. The van der Waals surface area contributed by atoms with Crippen LogP contribution in [0.2, 0.25) is 0 Å². The summed E-state index contributed by atoms with van der Waals surface area (Å²) in [6.07, 6.45) is 16.5. The topological polar surface area (TPSA) is 54.4 Å². The molecule has 0 aromatic carbocycles. The Labute approximate surface area is 200 Å². The van der Waals surface area contributed by atoms with Crippen molar-refractivity contribution in [1.82, 2.24) is 0 Å². The van der Waals surface area contributed by atoms with Crippen molar-refractivity contribution in [2.75, 3.05) is 0 Å². The van der Waals surface area contributed by atoms with E-state index in [0.29, 0.717) is 29.2 Å². The average Bonchev–Trinajstić information content (AvgIpc) is 3.02. The Bertz CT molecular complexity index is 936. The van der Waals surface area contributed by atoms with E-state index in [1.165, 1.54) is 25.7 Å². The van der Waals surface area contributed by atoms with Crippen molar-refractivity contribution in [1.29, 1.82) is 0 Å². The van der Waals surface area contributed by atoms with E-state index in [4.69, 9.17) is 5.11 Å². The van der Waals surface area contributed by atoms with Gasteiger partial charge in [0, 0.05) is 11.0 Å². The number of hydrogen-bond acceptors (Lipinski definition) is 2. The summed E-state index contributed by atoms with van der Waals surface area (Å²) in [4.78, 5) is 23.8. The summed E-state index contributed by atoms with van der Waals surface area (Å²) >= 11 is 0. The molecular weight excluding hydrogens is 408 g/mol. The van der Waals surface area contributed by atoms with Gasteiger partial charge in [-0.05, 0) is 97.9 Å². The van der Waals surface area contributed by atoms with Crippen LogP contribution in [0.5, 0.6) is 0 Å². The zero-order chi connectivity index (χ0) is 24.4. The van der Waals surface area contributed by atoms with Crippen LogP contribution in [-0.2, 0) is 9.59 Å². The van der Waals surface area contributed by atoms with Crippen LogP contribution < -0.4 is 0 Å². The van der Waals surface area contributed by atoms with Crippen molar-refractivity contribution in [3.63, 3.8) is 0 Å². The van der Waals surface area contributed by atoms with E-state index >= 15 is 0 Å². The van der Waals surface area contributed by atoms with E-state index in [2.05, 4.69) is 53.7 Å². The predicted octanol–water partition coefficient (Wildman–Crippen LogP) is 7.38. The summed E-state index contributed by atoms with van der Waals surface area (Å²) in [5, 5.41) is 9.15. The van der Waals surface area contributed by atoms with Crippen LogP contribution in [-0.4, -0.2) is 16.9 Å². The highest BCUT2D eigenvalue weighted by Crippen LogP contribution is 2.72. The molecule has 4 aliphatic rings. The first-order valence-corrected chi connectivity index (χ1v) is 13.1. The maximum Gasteiger partial charge on any atom is 0.330 e. The van der Waals surface area contributed by atoms with Crippen LogP contribution in [0.15, 0.2) is 35.5 Å². The Kier molecular flexibility index (Phi) is 5.90. The Morgan fingerprint density at radius 1 is 1.18 bits per heavy atom. The molecule has 0 aliphatic heterocycles. The van der Waals surface area contributed by atoms with Gasteiger partial charge in [0.2, 0.25) is 0 Å². The second-order valence-corrected chi connectivity index (χ2v) is 13.0. The molecule has 0 radical (unpaired) electrons. The third kappa shape index (κ3) is 3.43. The maximum absolute atomic E-state index is 12.7.